The van der Waals surface area contributed by atoms with E-state index in [2.05, 4.69) is 22.3 Å². The Balaban J connectivity index is 2.70. The van der Waals surface area contributed by atoms with Crippen LogP contribution in [-0.2, 0) is 7.05 Å². The third-order valence-corrected chi connectivity index (χ3v) is 1.77. The highest BCUT2D eigenvalue weighted by Gasteiger charge is 2.09. The molecule has 0 amide bonds. The molecule has 1 atom stereocenters. The van der Waals surface area contributed by atoms with E-state index in [4.69, 9.17) is 5.84 Å². The number of aryl methyl sites for hydroxylation is 1. The average Bonchev–Trinajstić information content (AvgIpc) is 2.54. The summed E-state index contributed by atoms with van der Waals surface area (Å²) in [6.07, 6.45) is 4.37. The number of nitrogens with zero attached hydrogens (tertiary/aromatic N) is 2. The lowest BCUT2D eigenvalue weighted by Gasteiger charge is -2.08. The van der Waals surface area contributed by atoms with Gasteiger partial charge in [0.1, 0.15) is 0 Å². The van der Waals surface area contributed by atoms with Crippen LogP contribution in [0.3, 0.4) is 0 Å². The van der Waals surface area contributed by atoms with Crippen molar-refractivity contribution in [2.24, 2.45) is 12.9 Å². The van der Waals surface area contributed by atoms with Gasteiger partial charge in [0.25, 0.3) is 0 Å². The first-order chi connectivity index (χ1) is 6.27. The van der Waals surface area contributed by atoms with Crippen molar-refractivity contribution in [1.29, 1.82) is 0 Å². The van der Waals surface area contributed by atoms with Gasteiger partial charge >= 0.3 is 0 Å². The van der Waals surface area contributed by atoms with Gasteiger partial charge in [0.05, 0.1) is 18.1 Å². The van der Waals surface area contributed by atoms with Crippen LogP contribution in [0, 0.1) is 11.8 Å². The first-order valence-electron chi connectivity index (χ1n) is 4.11. The lowest BCUT2D eigenvalue weighted by Crippen LogP contribution is -2.27. The lowest BCUT2D eigenvalue weighted by molar-refractivity contribution is 0.555. The predicted molar refractivity (Wildman–Crippen MR) is 51.3 cm³/mol. The fourth-order valence-electron chi connectivity index (χ4n) is 1.07. The summed E-state index contributed by atoms with van der Waals surface area (Å²) in [6, 6.07) is 0.0219. The molecule has 0 radical (unpaired) electrons. The van der Waals surface area contributed by atoms with E-state index in [0.717, 1.165) is 5.69 Å². The van der Waals surface area contributed by atoms with Gasteiger partial charge < -0.3 is 4.57 Å². The first kappa shape index (κ1) is 9.78. The van der Waals surface area contributed by atoms with Crippen LogP contribution in [0.1, 0.15) is 25.1 Å². The molecule has 0 bridgehead atoms. The molecule has 4 heteroatoms. The number of imidazole rings is 1. The zero-order valence-electron chi connectivity index (χ0n) is 7.91. The number of nitrogens with two attached hydrogens (primary N) is 1. The van der Waals surface area contributed by atoms with Gasteiger partial charge in [-0.3, -0.25) is 11.3 Å². The molecule has 3 N–H and O–H groups in total. The van der Waals surface area contributed by atoms with Gasteiger partial charge in [-0.1, -0.05) is 0 Å². The molecule has 1 unspecified atom stereocenters. The maximum absolute atomic E-state index is 5.39. The van der Waals surface area contributed by atoms with Crippen molar-refractivity contribution >= 4 is 0 Å². The third kappa shape index (κ3) is 2.58. The molecule has 1 aromatic heterocycles. The number of nitrogens with one attached hydrogen (secondary N) is 1. The van der Waals surface area contributed by atoms with Crippen molar-refractivity contribution in [3.63, 3.8) is 0 Å². The van der Waals surface area contributed by atoms with Gasteiger partial charge in [0.2, 0.25) is 0 Å². The third-order valence-electron chi connectivity index (χ3n) is 1.77. The summed E-state index contributed by atoms with van der Waals surface area (Å²) >= 11 is 0. The molecule has 0 fully saturated rings. The summed E-state index contributed by atoms with van der Waals surface area (Å²) in [5, 5.41) is 0. The Hall–Kier alpha value is -1.31. The second-order valence-electron chi connectivity index (χ2n) is 2.81. The molecular formula is C9H14N4. The number of hydrogen-bond donors (Lipinski definition) is 2. The molecule has 13 heavy (non-hydrogen) atoms. The van der Waals surface area contributed by atoms with E-state index in [-0.39, 0.29) is 6.04 Å². The molecular weight excluding hydrogens is 164 g/mol. The predicted octanol–water partition coefficient (Wildman–Crippen LogP) is 0.338. The highest BCUT2D eigenvalue weighted by molar-refractivity contribution is 5.08. The highest BCUT2D eigenvalue weighted by Crippen LogP contribution is 2.11. The fourth-order valence-corrected chi connectivity index (χ4v) is 1.07. The Morgan fingerprint density at radius 1 is 1.77 bits per heavy atom. The highest BCUT2D eigenvalue weighted by atomic mass is 15.2. The van der Waals surface area contributed by atoms with Crippen LogP contribution in [0.5, 0.6) is 0 Å². The molecule has 0 aromatic carbocycles. The number of hydrazine groups is 1. The summed E-state index contributed by atoms with van der Waals surface area (Å²) in [6.45, 7) is 1.81. The molecule has 0 aliphatic rings. The minimum Gasteiger partial charge on any atom is -0.340 e. The number of aromatic nitrogens is 2. The molecule has 0 aliphatic carbocycles. The smallest absolute Gasteiger partial charge is 0.0947 e. The summed E-state index contributed by atoms with van der Waals surface area (Å²) in [5.41, 5.74) is 3.61. The van der Waals surface area contributed by atoms with Crippen molar-refractivity contribution in [3.8, 4) is 11.8 Å². The van der Waals surface area contributed by atoms with Crippen molar-refractivity contribution in [1.82, 2.24) is 15.0 Å². The van der Waals surface area contributed by atoms with E-state index >= 15 is 0 Å². The second kappa shape index (κ2) is 4.65. The summed E-state index contributed by atoms with van der Waals surface area (Å²) in [4.78, 5) is 4.19. The molecule has 70 valence electrons. The van der Waals surface area contributed by atoms with E-state index in [1.807, 2.05) is 24.7 Å². The van der Waals surface area contributed by atoms with Gasteiger partial charge in [0, 0.05) is 19.7 Å². The van der Waals surface area contributed by atoms with Crippen molar-refractivity contribution in [3.05, 3.63) is 18.2 Å². The van der Waals surface area contributed by atoms with E-state index in [1.165, 1.54) is 0 Å². The summed E-state index contributed by atoms with van der Waals surface area (Å²) in [5.74, 6) is 11.2. The van der Waals surface area contributed by atoms with Gasteiger partial charge in [-0.2, -0.15) is 0 Å². The summed E-state index contributed by atoms with van der Waals surface area (Å²) in [7, 11) is 1.93. The Kier molecular flexibility index (Phi) is 3.50. The van der Waals surface area contributed by atoms with Crippen LogP contribution >= 0.6 is 0 Å². The molecule has 1 aromatic rings. The first-order valence-corrected chi connectivity index (χ1v) is 4.11. The van der Waals surface area contributed by atoms with Crippen molar-refractivity contribution < 1.29 is 0 Å². The van der Waals surface area contributed by atoms with Crippen LogP contribution in [-0.4, -0.2) is 9.55 Å². The van der Waals surface area contributed by atoms with Gasteiger partial charge in [-0.25, -0.2) is 4.98 Å². The Labute approximate surface area is 78.1 Å². The van der Waals surface area contributed by atoms with Gasteiger partial charge in [-0.15, -0.1) is 11.8 Å². The zero-order chi connectivity index (χ0) is 9.68. The fraction of sp³-hybridized carbons (Fsp3) is 0.444. The maximum Gasteiger partial charge on any atom is 0.0947 e. The van der Waals surface area contributed by atoms with Crippen LogP contribution in [0.15, 0.2) is 12.5 Å². The Bertz CT molecular complexity index is 318. The summed E-state index contributed by atoms with van der Waals surface area (Å²) < 4.78 is 1.89. The van der Waals surface area contributed by atoms with Crippen LogP contribution in [0.25, 0.3) is 0 Å². The second-order valence-corrected chi connectivity index (χ2v) is 2.81. The molecule has 1 heterocycles. The standard InChI is InChI=1S/C9H14N4/c1-3-4-5-8(12-10)9-6-13(2)7-11-9/h6-8,12H,5,10H2,1-2H3. The largest absolute Gasteiger partial charge is 0.340 e. The van der Waals surface area contributed by atoms with E-state index in [9.17, 15) is 0 Å². The van der Waals surface area contributed by atoms with Gasteiger partial charge in [0.15, 0.2) is 0 Å². The number of rotatable bonds is 3. The van der Waals surface area contributed by atoms with E-state index in [1.54, 1.807) is 6.33 Å². The molecule has 0 spiro atoms. The molecule has 4 nitrogen and oxygen atoms in total. The maximum atomic E-state index is 5.39. The topological polar surface area (TPSA) is 55.9 Å². The minimum absolute atomic E-state index is 0.0219. The van der Waals surface area contributed by atoms with Crippen molar-refractivity contribution in [2.75, 3.05) is 0 Å². The molecule has 0 aliphatic heterocycles. The SMILES string of the molecule is CC#CCC(NN)c1cn(C)cn1. The van der Waals surface area contributed by atoms with E-state index in [0.29, 0.717) is 6.42 Å². The number of hydrogen-bond acceptors (Lipinski definition) is 3. The molecule has 1 rings (SSSR count). The lowest BCUT2D eigenvalue weighted by atomic mass is 10.1. The van der Waals surface area contributed by atoms with Gasteiger partial charge in [-0.05, 0) is 6.92 Å². The van der Waals surface area contributed by atoms with E-state index < -0.39 is 0 Å². The Morgan fingerprint density at radius 2 is 2.54 bits per heavy atom. The van der Waals surface area contributed by atoms with Crippen molar-refractivity contribution in [2.45, 2.75) is 19.4 Å². The normalized spacial score (nSPS) is 11.9. The zero-order valence-corrected chi connectivity index (χ0v) is 7.91. The Morgan fingerprint density at radius 3 is 3.00 bits per heavy atom. The van der Waals surface area contributed by atoms with Crippen LogP contribution in [0.4, 0.5) is 0 Å². The van der Waals surface area contributed by atoms with Crippen LogP contribution < -0.4 is 11.3 Å². The monoisotopic (exact) mass is 178 g/mol. The average molecular weight is 178 g/mol. The molecule has 0 saturated carbocycles. The van der Waals surface area contributed by atoms with Crippen LogP contribution in [0.2, 0.25) is 0 Å². The molecule has 0 saturated heterocycles. The minimum atomic E-state index is 0.0219. The quantitative estimate of drug-likeness (QED) is 0.398.